The van der Waals surface area contributed by atoms with Crippen LogP contribution in [0.25, 0.3) is 6.08 Å². The molecule has 1 aliphatic heterocycles. The fourth-order valence-electron chi connectivity index (χ4n) is 3.78. The van der Waals surface area contributed by atoms with Gasteiger partial charge in [0.2, 0.25) is 0 Å². The number of halogens is 2. The molecular weight excluding hydrogens is 527 g/mol. The number of rotatable bonds is 9. The second kappa shape index (κ2) is 11.2. The molecule has 4 rings (SSSR count). The van der Waals surface area contributed by atoms with Gasteiger partial charge >= 0.3 is 6.03 Å². The molecule has 1 saturated heterocycles. The summed E-state index contributed by atoms with van der Waals surface area (Å²) in [5.74, 6) is 0.231. The van der Waals surface area contributed by atoms with Crippen molar-refractivity contribution in [2.24, 2.45) is 0 Å². The predicted molar refractivity (Wildman–Crippen MR) is 139 cm³/mol. The van der Waals surface area contributed by atoms with Gasteiger partial charge in [0, 0.05) is 10.0 Å². The molecule has 0 aromatic heterocycles. The topological polar surface area (TPSA) is 67.9 Å². The molecule has 184 valence electrons. The van der Waals surface area contributed by atoms with Crippen molar-refractivity contribution in [2.45, 2.75) is 19.6 Å². The second-order valence-electron chi connectivity index (χ2n) is 8.13. The highest BCUT2D eigenvalue weighted by molar-refractivity contribution is 9.10. The van der Waals surface area contributed by atoms with Crippen molar-refractivity contribution in [1.29, 1.82) is 0 Å². The van der Waals surface area contributed by atoms with Crippen molar-refractivity contribution in [1.82, 2.24) is 10.2 Å². The summed E-state index contributed by atoms with van der Waals surface area (Å²) < 4.78 is 25.9. The molecule has 1 heterocycles. The van der Waals surface area contributed by atoms with Gasteiger partial charge in [0.25, 0.3) is 5.91 Å². The number of ether oxygens (including phenoxy) is 2. The molecule has 0 bridgehead atoms. The fourth-order valence-corrected chi connectivity index (χ4v) is 4.04. The number of hydrogen-bond donors (Lipinski definition) is 1. The molecule has 0 spiro atoms. The van der Waals surface area contributed by atoms with E-state index in [2.05, 4.69) is 27.8 Å². The normalized spacial score (nSPS) is 14.2. The van der Waals surface area contributed by atoms with Crippen LogP contribution >= 0.6 is 15.9 Å². The van der Waals surface area contributed by atoms with Gasteiger partial charge in [-0.1, -0.05) is 46.3 Å². The van der Waals surface area contributed by atoms with Crippen LogP contribution in [0.1, 0.15) is 22.3 Å². The summed E-state index contributed by atoms with van der Waals surface area (Å²) in [4.78, 5) is 26.5. The second-order valence-corrected chi connectivity index (χ2v) is 9.04. The highest BCUT2D eigenvalue weighted by Gasteiger charge is 2.33. The Morgan fingerprint density at radius 2 is 1.75 bits per heavy atom. The van der Waals surface area contributed by atoms with E-state index >= 15 is 0 Å². The molecule has 8 heteroatoms. The minimum atomic E-state index is -0.539. The van der Waals surface area contributed by atoms with Gasteiger partial charge in [-0.05, 0) is 65.6 Å². The largest absolute Gasteiger partial charge is 0.493 e. The number of allylic oxidation sites excluding steroid dienone is 1. The summed E-state index contributed by atoms with van der Waals surface area (Å²) >= 11 is 3.43. The number of imide groups is 1. The van der Waals surface area contributed by atoms with Gasteiger partial charge in [0.15, 0.2) is 11.5 Å². The van der Waals surface area contributed by atoms with E-state index < -0.39 is 11.9 Å². The van der Waals surface area contributed by atoms with Gasteiger partial charge < -0.3 is 14.8 Å². The third kappa shape index (κ3) is 5.83. The number of nitrogens with zero attached hydrogens (tertiary/aromatic N) is 1. The van der Waals surface area contributed by atoms with Crippen LogP contribution in [0.4, 0.5) is 9.18 Å². The predicted octanol–water partition coefficient (Wildman–Crippen LogP) is 6.00. The number of amides is 3. The number of urea groups is 1. The third-order valence-corrected chi connectivity index (χ3v) is 6.09. The number of carbonyl (C=O) groups excluding carboxylic acids is 2. The zero-order valence-corrected chi connectivity index (χ0v) is 21.2. The number of benzene rings is 3. The molecule has 0 atom stereocenters. The highest BCUT2D eigenvalue weighted by Crippen LogP contribution is 2.35. The molecule has 6 nitrogen and oxygen atoms in total. The number of carbonyl (C=O) groups is 2. The van der Waals surface area contributed by atoms with Crippen LogP contribution in [0.3, 0.4) is 0 Å². The maximum absolute atomic E-state index is 13.2. The lowest BCUT2D eigenvalue weighted by Crippen LogP contribution is -2.30. The maximum atomic E-state index is 13.2. The van der Waals surface area contributed by atoms with Crippen LogP contribution < -0.4 is 14.8 Å². The van der Waals surface area contributed by atoms with Crippen LogP contribution in [0.2, 0.25) is 0 Å². The number of methoxy groups -OCH3 is 1. The monoisotopic (exact) mass is 550 g/mol. The lowest BCUT2D eigenvalue weighted by Gasteiger charge is -2.16. The average molecular weight is 551 g/mol. The van der Waals surface area contributed by atoms with Crippen molar-refractivity contribution in [3.63, 3.8) is 0 Å². The van der Waals surface area contributed by atoms with Gasteiger partial charge in [-0.2, -0.15) is 0 Å². The van der Waals surface area contributed by atoms with E-state index in [9.17, 15) is 14.0 Å². The lowest BCUT2D eigenvalue weighted by atomic mass is 10.0. The average Bonchev–Trinajstić information content (AvgIpc) is 3.12. The molecule has 1 fully saturated rings. The minimum absolute atomic E-state index is 0.0379. The zero-order chi connectivity index (χ0) is 25.7. The molecular formula is C28H24BrFN2O4. The Kier molecular flexibility index (Phi) is 7.85. The van der Waals surface area contributed by atoms with Gasteiger partial charge in [0.05, 0.1) is 13.7 Å². The summed E-state index contributed by atoms with van der Waals surface area (Å²) in [6.45, 7) is 4.22. The first-order valence-electron chi connectivity index (χ1n) is 11.2. The molecule has 3 amide bonds. The molecule has 1 aliphatic rings. The van der Waals surface area contributed by atoms with Crippen LogP contribution in [0, 0.1) is 5.82 Å². The molecule has 1 N–H and O–H groups in total. The highest BCUT2D eigenvalue weighted by atomic mass is 79.9. The zero-order valence-electron chi connectivity index (χ0n) is 19.6. The van der Waals surface area contributed by atoms with Crippen LogP contribution in [-0.4, -0.2) is 23.9 Å². The van der Waals surface area contributed by atoms with E-state index in [1.165, 1.54) is 24.3 Å². The molecule has 0 aliphatic carbocycles. The van der Waals surface area contributed by atoms with E-state index in [-0.39, 0.29) is 18.1 Å². The molecule has 36 heavy (non-hydrogen) atoms. The Balaban J connectivity index is 1.58. The maximum Gasteiger partial charge on any atom is 0.329 e. The van der Waals surface area contributed by atoms with Crippen LogP contribution in [0.5, 0.6) is 11.5 Å². The molecule has 3 aromatic carbocycles. The summed E-state index contributed by atoms with van der Waals surface area (Å²) in [6, 6.07) is 16.6. The van der Waals surface area contributed by atoms with Crippen molar-refractivity contribution in [3.8, 4) is 11.5 Å². The van der Waals surface area contributed by atoms with Gasteiger partial charge in [-0.3, -0.25) is 9.69 Å². The van der Waals surface area contributed by atoms with E-state index in [1.54, 1.807) is 25.3 Å². The Labute approximate surface area is 217 Å². The van der Waals surface area contributed by atoms with Crippen LogP contribution in [-0.2, 0) is 24.4 Å². The van der Waals surface area contributed by atoms with Gasteiger partial charge in [-0.25, -0.2) is 9.18 Å². The van der Waals surface area contributed by atoms with Crippen molar-refractivity contribution in [3.05, 3.63) is 112 Å². The van der Waals surface area contributed by atoms with E-state index in [0.29, 0.717) is 35.7 Å². The van der Waals surface area contributed by atoms with Crippen LogP contribution in [0.15, 0.2) is 83.5 Å². The standard InChI is InChI=1S/C28H24BrFN2O4/c1-3-4-21-13-20(15-25(35-2)26(21)36-17-19-5-9-22(29)10-6-19)14-24-27(33)32(28(34)31-24)16-18-7-11-23(30)12-8-18/h3,5-15H,1,4,16-17H2,2H3,(H,31,34)/b24-14+. The van der Waals surface area contributed by atoms with Gasteiger partial charge in [0.1, 0.15) is 18.1 Å². The third-order valence-electron chi connectivity index (χ3n) is 5.56. The smallest absolute Gasteiger partial charge is 0.329 e. The summed E-state index contributed by atoms with van der Waals surface area (Å²) in [5.41, 5.74) is 3.26. The Bertz CT molecular complexity index is 1320. The Morgan fingerprint density at radius 3 is 2.42 bits per heavy atom. The summed E-state index contributed by atoms with van der Waals surface area (Å²) in [6.07, 6.45) is 3.86. The molecule has 0 saturated carbocycles. The van der Waals surface area contributed by atoms with Crippen molar-refractivity contribution < 1.29 is 23.5 Å². The Morgan fingerprint density at radius 1 is 1.06 bits per heavy atom. The molecule has 3 aromatic rings. The first-order chi connectivity index (χ1) is 17.4. The van der Waals surface area contributed by atoms with E-state index in [1.807, 2.05) is 30.3 Å². The van der Waals surface area contributed by atoms with E-state index in [4.69, 9.17) is 9.47 Å². The minimum Gasteiger partial charge on any atom is -0.493 e. The quantitative estimate of drug-likeness (QED) is 0.201. The summed E-state index contributed by atoms with van der Waals surface area (Å²) in [7, 11) is 1.55. The lowest BCUT2D eigenvalue weighted by molar-refractivity contribution is -0.123. The first kappa shape index (κ1) is 25.2. The number of nitrogens with one attached hydrogen (secondary N) is 1. The van der Waals surface area contributed by atoms with Crippen molar-refractivity contribution >= 4 is 33.9 Å². The van der Waals surface area contributed by atoms with Gasteiger partial charge in [-0.15, -0.1) is 6.58 Å². The first-order valence-corrected chi connectivity index (χ1v) is 11.9. The van der Waals surface area contributed by atoms with E-state index in [0.717, 1.165) is 20.5 Å². The molecule has 0 unspecified atom stereocenters. The SMILES string of the molecule is C=CCc1cc(/C=C2/NC(=O)N(Cc3ccc(F)cc3)C2=O)cc(OC)c1OCc1ccc(Br)cc1. The van der Waals surface area contributed by atoms with Crippen molar-refractivity contribution in [2.75, 3.05) is 7.11 Å². The Hall–Kier alpha value is -3.91. The summed E-state index contributed by atoms with van der Waals surface area (Å²) in [5, 5.41) is 2.62. The fraction of sp³-hybridized carbons (Fsp3) is 0.143. The molecule has 0 radical (unpaired) electrons. The number of hydrogen-bond acceptors (Lipinski definition) is 4.